The molecule has 0 fully saturated rings. The Hall–Kier alpha value is -1.54. The van der Waals surface area contributed by atoms with E-state index in [0.29, 0.717) is 5.56 Å². The van der Waals surface area contributed by atoms with Crippen molar-refractivity contribution in [2.75, 3.05) is 6.54 Å². The van der Waals surface area contributed by atoms with Gasteiger partial charge in [-0.25, -0.2) is 18.6 Å². The Morgan fingerprint density at radius 1 is 1.36 bits per heavy atom. The van der Waals surface area contributed by atoms with Crippen LogP contribution in [-0.2, 0) is 11.2 Å². The van der Waals surface area contributed by atoms with Gasteiger partial charge in [0, 0.05) is 5.56 Å². The molecule has 0 aliphatic heterocycles. The van der Waals surface area contributed by atoms with Gasteiger partial charge in [-0.15, -0.1) is 0 Å². The van der Waals surface area contributed by atoms with Crippen molar-refractivity contribution in [3.8, 4) is 0 Å². The molecule has 0 unspecified atom stereocenters. The lowest BCUT2D eigenvalue weighted by atomic mass is 10.1. The van der Waals surface area contributed by atoms with Gasteiger partial charge in [-0.05, 0) is 31.0 Å². The Labute approximate surface area is 80.3 Å². The maximum Gasteiger partial charge on any atom is 0.234 e. The number of hydrogen-bond donors (Lipinski definition) is 0. The average Bonchev–Trinajstić information content (AvgIpc) is 2.09. The minimum Gasteiger partial charge on any atom is -0.211 e. The van der Waals surface area contributed by atoms with E-state index in [9.17, 15) is 13.6 Å². The van der Waals surface area contributed by atoms with Crippen LogP contribution >= 0.6 is 0 Å². The van der Waals surface area contributed by atoms with Crippen LogP contribution in [0.3, 0.4) is 0 Å². The fraction of sp³-hybridized carbons (Fsp3) is 0.300. The third-order valence-corrected chi connectivity index (χ3v) is 1.82. The molecule has 0 amide bonds. The summed E-state index contributed by atoms with van der Waals surface area (Å²) in [7, 11) is 0. The van der Waals surface area contributed by atoms with Crippen LogP contribution < -0.4 is 0 Å². The minimum atomic E-state index is -0.594. The highest BCUT2D eigenvalue weighted by Crippen LogP contribution is 2.15. The minimum absolute atomic E-state index is 0.0328. The second-order valence-corrected chi connectivity index (χ2v) is 2.93. The lowest BCUT2D eigenvalue weighted by Gasteiger charge is -2.03. The Morgan fingerprint density at radius 3 is 2.43 bits per heavy atom. The topological polar surface area (TPSA) is 29.4 Å². The number of isocyanates is 1. The smallest absolute Gasteiger partial charge is 0.211 e. The SMILES string of the molecule is Cc1cc(F)c(CCN=C=O)c(F)c1. The van der Waals surface area contributed by atoms with Gasteiger partial charge >= 0.3 is 0 Å². The van der Waals surface area contributed by atoms with Crippen molar-refractivity contribution < 1.29 is 13.6 Å². The summed E-state index contributed by atoms with van der Waals surface area (Å²) >= 11 is 0. The van der Waals surface area contributed by atoms with Crippen molar-refractivity contribution in [3.63, 3.8) is 0 Å². The van der Waals surface area contributed by atoms with E-state index in [1.165, 1.54) is 18.2 Å². The van der Waals surface area contributed by atoms with Crippen LogP contribution in [0.5, 0.6) is 0 Å². The Bertz CT molecular complexity index is 361. The van der Waals surface area contributed by atoms with Crippen molar-refractivity contribution >= 4 is 6.08 Å². The van der Waals surface area contributed by atoms with Gasteiger partial charge in [0.25, 0.3) is 0 Å². The highest BCUT2D eigenvalue weighted by Gasteiger charge is 2.08. The van der Waals surface area contributed by atoms with Crippen molar-refractivity contribution in [1.29, 1.82) is 0 Å². The summed E-state index contributed by atoms with van der Waals surface area (Å²) in [5, 5.41) is 0. The highest BCUT2D eigenvalue weighted by molar-refractivity contribution is 5.33. The van der Waals surface area contributed by atoms with Crippen molar-refractivity contribution in [2.45, 2.75) is 13.3 Å². The second kappa shape index (κ2) is 4.63. The predicted molar refractivity (Wildman–Crippen MR) is 47.8 cm³/mol. The molecule has 1 rings (SSSR count). The maximum atomic E-state index is 13.2. The number of aryl methyl sites for hydroxylation is 1. The zero-order valence-corrected chi connectivity index (χ0v) is 7.68. The Balaban J connectivity index is 2.90. The zero-order chi connectivity index (χ0) is 10.6. The standard InChI is InChI=1S/C10H9F2NO/c1-7-4-9(11)8(10(12)5-7)2-3-13-6-14/h4-5H,2-3H2,1H3. The van der Waals surface area contributed by atoms with E-state index in [-0.39, 0.29) is 18.5 Å². The summed E-state index contributed by atoms with van der Waals surface area (Å²) in [5.41, 5.74) is 0.497. The van der Waals surface area contributed by atoms with Gasteiger partial charge in [-0.2, -0.15) is 0 Å². The van der Waals surface area contributed by atoms with Crippen molar-refractivity contribution in [2.24, 2.45) is 4.99 Å². The number of nitrogens with zero attached hydrogens (tertiary/aromatic N) is 1. The molecule has 0 aliphatic carbocycles. The lowest BCUT2D eigenvalue weighted by molar-refractivity contribution is 0.550. The summed E-state index contributed by atoms with van der Waals surface area (Å²) < 4.78 is 26.3. The maximum absolute atomic E-state index is 13.2. The highest BCUT2D eigenvalue weighted by atomic mass is 19.1. The third kappa shape index (κ3) is 2.47. The van der Waals surface area contributed by atoms with E-state index in [4.69, 9.17) is 0 Å². The molecule has 2 nitrogen and oxygen atoms in total. The zero-order valence-electron chi connectivity index (χ0n) is 7.68. The van der Waals surface area contributed by atoms with Gasteiger partial charge in [0.15, 0.2) is 0 Å². The number of aliphatic imine (C=N–C) groups is 1. The molecular formula is C10H9F2NO. The molecule has 1 aromatic carbocycles. The second-order valence-electron chi connectivity index (χ2n) is 2.93. The molecule has 0 saturated heterocycles. The molecule has 14 heavy (non-hydrogen) atoms. The summed E-state index contributed by atoms with van der Waals surface area (Å²) in [4.78, 5) is 13.0. The number of carbonyl (C=O) groups excluding carboxylic acids is 1. The molecular weight excluding hydrogens is 188 g/mol. The monoisotopic (exact) mass is 197 g/mol. The molecule has 0 aromatic heterocycles. The molecule has 0 aliphatic rings. The predicted octanol–water partition coefficient (Wildman–Crippen LogP) is 2.15. The largest absolute Gasteiger partial charge is 0.234 e. The van der Waals surface area contributed by atoms with Gasteiger partial charge < -0.3 is 0 Å². The molecule has 0 saturated carbocycles. The van der Waals surface area contributed by atoms with E-state index in [1.807, 2.05) is 0 Å². The molecule has 0 bridgehead atoms. The normalized spacial score (nSPS) is 9.64. The van der Waals surface area contributed by atoms with Crippen LogP contribution in [0, 0.1) is 18.6 Å². The van der Waals surface area contributed by atoms with Crippen molar-refractivity contribution in [3.05, 3.63) is 34.9 Å². The third-order valence-electron chi connectivity index (χ3n) is 1.82. The molecule has 0 heterocycles. The van der Waals surface area contributed by atoms with Crippen LogP contribution in [0.4, 0.5) is 8.78 Å². The first-order valence-electron chi connectivity index (χ1n) is 4.13. The molecule has 0 N–H and O–H groups in total. The van der Waals surface area contributed by atoms with Gasteiger partial charge in [-0.3, -0.25) is 0 Å². The number of hydrogen-bond acceptors (Lipinski definition) is 2. The van der Waals surface area contributed by atoms with Crippen LogP contribution in [0.25, 0.3) is 0 Å². The Morgan fingerprint density at radius 2 is 1.93 bits per heavy atom. The van der Waals surface area contributed by atoms with Crippen LogP contribution in [0.1, 0.15) is 11.1 Å². The number of halogens is 2. The fourth-order valence-corrected chi connectivity index (χ4v) is 1.18. The number of benzene rings is 1. The average molecular weight is 197 g/mol. The van der Waals surface area contributed by atoms with Gasteiger partial charge in [0.05, 0.1) is 6.54 Å². The first kappa shape index (κ1) is 10.5. The summed E-state index contributed by atoms with van der Waals surface area (Å²) in [5.74, 6) is -1.19. The first-order chi connectivity index (χ1) is 6.65. The lowest BCUT2D eigenvalue weighted by Crippen LogP contribution is -1.99. The van der Waals surface area contributed by atoms with Crippen LogP contribution in [0.2, 0.25) is 0 Å². The molecule has 4 heteroatoms. The van der Waals surface area contributed by atoms with Crippen molar-refractivity contribution in [1.82, 2.24) is 0 Å². The van der Waals surface area contributed by atoms with E-state index < -0.39 is 11.6 Å². The van der Waals surface area contributed by atoms with E-state index in [2.05, 4.69) is 4.99 Å². The van der Waals surface area contributed by atoms with Gasteiger partial charge in [-0.1, -0.05) is 0 Å². The molecule has 0 spiro atoms. The number of rotatable bonds is 3. The summed E-state index contributed by atoms with van der Waals surface area (Å²) in [6.07, 6.45) is 1.39. The Kier molecular flexibility index (Phi) is 3.48. The van der Waals surface area contributed by atoms with Gasteiger partial charge in [0.1, 0.15) is 11.6 Å². The molecule has 74 valence electrons. The van der Waals surface area contributed by atoms with E-state index in [1.54, 1.807) is 6.92 Å². The molecule has 0 radical (unpaired) electrons. The van der Waals surface area contributed by atoms with Crippen LogP contribution in [0.15, 0.2) is 17.1 Å². The van der Waals surface area contributed by atoms with Crippen LogP contribution in [-0.4, -0.2) is 12.6 Å². The van der Waals surface area contributed by atoms with Gasteiger partial charge in [0.2, 0.25) is 6.08 Å². The molecule has 1 aromatic rings. The fourth-order valence-electron chi connectivity index (χ4n) is 1.18. The molecule has 0 atom stereocenters. The first-order valence-corrected chi connectivity index (χ1v) is 4.13. The summed E-state index contributed by atoms with van der Waals surface area (Å²) in [6, 6.07) is 2.51. The quantitative estimate of drug-likeness (QED) is 0.539. The van der Waals surface area contributed by atoms with E-state index >= 15 is 0 Å². The summed E-state index contributed by atoms with van der Waals surface area (Å²) in [6.45, 7) is 1.67. The van der Waals surface area contributed by atoms with E-state index in [0.717, 1.165) is 0 Å².